The molecule has 1 saturated heterocycles. The van der Waals surface area contributed by atoms with Gasteiger partial charge in [0, 0.05) is 7.05 Å². The van der Waals surface area contributed by atoms with Gasteiger partial charge in [0.1, 0.15) is 17.5 Å². The maximum Gasteiger partial charge on any atom is 0.587 e. The topological polar surface area (TPSA) is 130 Å². The van der Waals surface area contributed by atoms with Crippen molar-refractivity contribution in [3.8, 4) is 11.5 Å². The Bertz CT molecular complexity index is 1230. The van der Waals surface area contributed by atoms with Crippen LogP contribution in [0.1, 0.15) is 12.1 Å². The smallest absolute Gasteiger partial charge is 0.391 e. The number of fused-ring (bicyclic) bond motifs is 2. The Kier molecular flexibility index (Phi) is 5.45. The number of ether oxygens (including phenoxy) is 1. The Morgan fingerprint density at radius 1 is 1.33 bits per heavy atom. The maximum absolute atomic E-state index is 15.3. The number of phosphoric acid groups is 1. The number of alkyl halides is 2. The molecule has 3 aromatic rings. The first-order chi connectivity index (χ1) is 15.8. The summed E-state index contributed by atoms with van der Waals surface area (Å²) in [4.78, 5) is 12.8. The van der Waals surface area contributed by atoms with Crippen molar-refractivity contribution >= 4 is 36.4 Å². The van der Waals surface area contributed by atoms with Crippen LogP contribution < -0.4 is 14.4 Å². The predicted octanol–water partition coefficient (Wildman–Crippen LogP) is 2.98. The highest BCUT2D eigenvalue weighted by atomic mass is 35.5. The highest BCUT2D eigenvalue weighted by molar-refractivity contribution is 7.49. The molecule has 1 aromatic carbocycles. The van der Waals surface area contributed by atoms with Crippen molar-refractivity contribution in [2.24, 2.45) is 0 Å². The first kappa shape index (κ1) is 22.3. The number of para-hydroxylation sites is 2. The number of phosphoric ester groups is 1. The number of anilines is 1. The summed E-state index contributed by atoms with van der Waals surface area (Å²) in [5, 5.41) is 13.6. The van der Waals surface area contributed by atoms with Crippen LogP contribution in [-0.4, -0.2) is 62.0 Å². The fourth-order valence-corrected chi connectivity index (χ4v) is 5.39. The molecule has 14 heteroatoms. The fourth-order valence-electron chi connectivity index (χ4n) is 3.79. The Morgan fingerprint density at radius 2 is 2.03 bits per heavy atom. The van der Waals surface area contributed by atoms with E-state index < -0.39 is 38.5 Å². The van der Waals surface area contributed by atoms with Crippen molar-refractivity contribution in [3.63, 3.8) is 0 Å². The number of rotatable bonds is 6. The quantitative estimate of drug-likeness (QED) is 0.385. The van der Waals surface area contributed by atoms with E-state index in [0.717, 1.165) is 0 Å². The Morgan fingerprint density at radius 3 is 2.67 bits per heavy atom. The van der Waals surface area contributed by atoms with E-state index in [4.69, 9.17) is 29.9 Å². The first-order valence-electron chi connectivity index (χ1n) is 9.97. The third-order valence-corrected chi connectivity index (χ3v) is 7.21. The van der Waals surface area contributed by atoms with Gasteiger partial charge in [0.2, 0.25) is 0 Å². The number of halogens is 2. The van der Waals surface area contributed by atoms with Crippen LogP contribution in [0.25, 0.3) is 11.2 Å². The predicted molar refractivity (Wildman–Crippen MR) is 115 cm³/mol. The zero-order chi connectivity index (χ0) is 23.4. The summed E-state index contributed by atoms with van der Waals surface area (Å²) < 4.78 is 51.5. The summed E-state index contributed by atoms with van der Waals surface area (Å²) in [6.07, 6.45) is -3.60. The molecule has 0 aliphatic carbocycles. The number of aliphatic hydroxyl groups excluding tert-OH is 1. The summed E-state index contributed by atoms with van der Waals surface area (Å²) in [7, 11) is -2.39. The molecule has 0 amide bonds. The number of hydrogen-bond acceptors (Lipinski definition) is 10. The normalized spacial score (nSPS) is 27.8. The van der Waals surface area contributed by atoms with Crippen molar-refractivity contribution in [2.75, 3.05) is 24.9 Å². The van der Waals surface area contributed by atoms with Crippen LogP contribution in [0.15, 0.2) is 30.6 Å². The summed E-state index contributed by atoms with van der Waals surface area (Å²) >= 11 is 6.10. The van der Waals surface area contributed by atoms with Crippen LogP contribution in [0.4, 0.5) is 10.2 Å². The molecule has 5 rings (SSSR count). The van der Waals surface area contributed by atoms with Crippen LogP contribution in [-0.2, 0) is 13.8 Å². The van der Waals surface area contributed by atoms with Crippen LogP contribution >= 0.6 is 19.4 Å². The van der Waals surface area contributed by atoms with Gasteiger partial charge in [-0.25, -0.2) is 23.9 Å². The van der Waals surface area contributed by atoms with Crippen molar-refractivity contribution in [1.82, 2.24) is 19.5 Å². The van der Waals surface area contributed by atoms with Gasteiger partial charge in [-0.05, 0) is 19.1 Å². The lowest BCUT2D eigenvalue weighted by Crippen LogP contribution is -2.47. The van der Waals surface area contributed by atoms with E-state index in [1.165, 1.54) is 10.9 Å². The number of nitrogens with one attached hydrogen (secondary N) is 1. The monoisotopic (exact) mass is 499 g/mol. The van der Waals surface area contributed by atoms with Crippen LogP contribution in [0, 0.1) is 6.92 Å². The molecular formula is C19H20ClFN5O6P. The zero-order valence-electron chi connectivity index (χ0n) is 17.5. The summed E-state index contributed by atoms with van der Waals surface area (Å²) in [5.74, 6) is 1.03. The van der Waals surface area contributed by atoms with Gasteiger partial charge in [-0.3, -0.25) is 9.09 Å². The van der Waals surface area contributed by atoms with E-state index >= 15 is 4.39 Å². The van der Waals surface area contributed by atoms with E-state index in [9.17, 15) is 9.67 Å². The van der Waals surface area contributed by atoms with Crippen LogP contribution in [0.2, 0.25) is 0 Å². The molecule has 0 bridgehead atoms. The molecule has 11 nitrogen and oxygen atoms in total. The number of benzene rings is 1. The number of nitrogens with zero attached hydrogens (tertiary/aromatic N) is 4. The SMILES string of the molecule is CNc1nc(C)nc2c1ncn2[C@@H]1O[C@](CCl)(COP2(=O)Oc3ccccc3O2)[C@@H](O)[C@H]1F. The molecule has 2 aliphatic heterocycles. The molecule has 0 unspecified atom stereocenters. The Labute approximate surface area is 192 Å². The van der Waals surface area contributed by atoms with Gasteiger partial charge in [0.05, 0.1) is 18.8 Å². The highest BCUT2D eigenvalue weighted by Gasteiger charge is 2.57. The average molecular weight is 500 g/mol. The Hall–Kier alpha value is -2.50. The van der Waals surface area contributed by atoms with Gasteiger partial charge < -0.3 is 24.2 Å². The number of hydrogen-bond donors (Lipinski definition) is 2. The van der Waals surface area contributed by atoms with Gasteiger partial charge >= 0.3 is 7.82 Å². The van der Waals surface area contributed by atoms with E-state index in [1.54, 1.807) is 38.2 Å². The second-order valence-corrected chi connectivity index (χ2v) is 9.42. The lowest BCUT2D eigenvalue weighted by Gasteiger charge is -2.29. The molecule has 0 saturated carbocycles. The van der Waals surface area contributed by atoms with Gasteiger partial charge in [-0.15, -0.1) is 11.6 Å². The lowest BCUT2D eigenvalue weighted by atomic mass is 9.99. The van der Waals surface area contributed by atoms with E-state index in [0.29, 0.717) is 22.8 Å². The maximum atomic E-state index is 15.3. The molecule has 2 N–H and O–H groups in total. The zero-order valence-corrected chi connectivity index (χ0v) is 19.2. The molecule has 0 radical (unpaired) electrons. The van der Waals surface area contributed by atoms with E-state index in [-0.39, 0.29) is 17.4 Å². The first-order valence-corrected chi connectivity index (χ1v) is 12.0. The molecule has 2 aliphatic rings. The Balaban J connectivity index is 1.41. The third kappa shape index (κ3) is 3.62. The molecule has 0 spiro atoms. The van der Waals surface area contributed by atoms with Crippen molar-refractivity contribution in [1.29, 1.82) is 0 Å². The highest BCUT2D eigenvalue weighted by Crippen LogP contribution is 2.59. The minimum atomic E-state index is -4.06. The average Bonchev–Trinajstić information content (AvgIpc) is 3.45. The van der Waals surface area contributed by atoms with Gasteiger partial charge in [0.25, 0.3) is 0 Å². The lowest BCUT2D eigenvalue weighted by molar-refractivity contribution is -0.110. The molecule has 176 valence electrons. The van der Waals surface area contributed by atoms with Crippen molar-refractivity contribution in [2.45, 2.75) is 31.0 Å². The number of aliphatic hydroxyl groups is 1. The standard InChI is InChI=1S/C19H20ClFN5O6P/c1-10-24-16(22-2)14-17(25-10)26(9-23-14)18-13(21)15(27)19(7-20,30-18)8-29-33(28)31-11-5-3-4-6-12(11)32-33/h3-6,9,13,15,18,27H,7-8H2,1-2H3,(H,22,24,25)/t13-,15+,18-,19-/m1/s1. The number of aryl methyl sites for hydroxylation is 1. The molecule has 4 heterocycles. The molecule has 2 aromatic heterocycles. The second kappa shape index (κ2) is 8.07. The molecule has 1 fully saturated rings. The fraction of sp³-hybridized carbons (Fsp3) is 0.421. The van der Waals surface area contributed by atoms with Crippen LogP contribution in [0.5, 0.6) is 11.5 Å². The van der Waals surface area contributed by atoms with E-state index in [1.807, 2.05) is 0 Å². The summed E-state index contributed by atoms with van der Waals surface area (Å²) in [5.41, 5.74) is -1.03. The summed E-state index contributed by atoms with van der Waals surface area (Å²) in [6, 6.07) is 6.50. The van der Waals surface area contributed by atoms with Gasteiger partial charge in [-0.1, -0.05) is 12.1 Å². The van der Waals surface area contributed by atoms with E-state index in [2.05, 4.69) is 20.3 Å². The van der Waals surface area contributed by atoms with Crippen molar-refractivity contribution in [3.05, 3.63) is 36.4 Å². The van der Waals surface area contributed by atoms with Gasteiger partial charge in [-0.2, -0.15) is 0 Å². The number of aromatic nitrogens is 4. The van der Waals surface area contributed by atoms with Crippen LogP contribution in [0.3, 0.4) is 0 Å². The molecular weight excluding hydrogens is 480 g/mol. The third-order valence-electron chi connectivity index (χ3n) is 5.48. The minimum absolute atomic E-state index is 0.246. The second-order valence-electron chi connectivity index (χ2n) is 7.64. The minimum Gasteiger partial charge on any atom is -0.391 e. The molecule has 4 atom stereocenters. The summed E-state index contributed by atoms with van der Waals surface area (Å²) in [6.45, 7) is 1.13. The number of imidazole rings is 1. The van der Waals surface area contributed by atoms with Crippen molar-refractivity contribution < 1.29 is 32.4 Å². The van der Waals surface area contributed by atoms with Gasteiger partial charge in [0.15, 0.2) is 40.9 Å². The molecule has 33 heavy (non-hydrogen) atoms. The largest absolute Gasteiger partial charge is 0.587 e.